The Labute approximate surface area is 125 Å². The SMILES string of the molecule is Fc1ccc2c(c1)c1cccc3nc(-c4ccccc4)c2n31. The van der Waals surface area contributed by atoms with Crippen LogP contribution in [0.1, 0.15) is 0 Å². The van der Waals surface area contributed by atoms with Gasteiger partial charge >= 0.3 is 0 Å². The molecule has 5 aromatic rings. The van der Waals surface area contributed by atoms with Gasteiger partial charge in [0.15, 0.2) is 0 Å². The number of fused-ring (bicyclic) bond motifs is 3. The van der Waals surface area contributed by atoms with Gasteiger partial charge in [-0.15, -0.1) is 0 Å². The van der Waals surface area contributed by atoms with E-state index in [0.29, 0.717) is 0 Å². The van der Waals surface area contributed by atoms with Gasteiger partial charge in [0.25, 0.3) is 0 Å². The van der Waals surface area contributed by atoms with Gasteiger partial charge in [0.1, 0.15) is 11.5 Å². The van der Waals surface area contributed by atoms with Crippen molar-refractivity contribution in [3.8, 4) is 11.3 Å². The van der Waals surface area contributed by atoms with Gasteiger partial charge in [0.2, 0.25) is 0 Å². The predicted molar refractivity (Wildman–Crippen MR) is 86.8 cm³/mol. The van der Waals surface area contributed by atoms with Gasteiger partial charge in [-0.3, -0.25) is 4.40 Å². The molecule has 104 valence electrons. The summed E-state index contributed by atoms with van der Waals surface area (Å²) >= 11 is 0. The number of hydrogen-bond acceptors (Lipinski definition) is 1. The first-order valence-corrected chi connectivity index (χ1v) is 7.20. The highest BCUT2D eigenvalue weighted by Crippen LogP contribution is 2.37. The molecule has 5 rings (SSSR count). The van der Waals surface area contributed by atoms with E-state index in [1.807, 2.05) is 42.5 Å². The van der Waals surface area contributed by atoms with Crippen LogP contribution < -0.4 is 0 Å². The Balaban J connectivity index is 2.05. The fourth-order valence-corrected chi connectivity index (χ4v) is 3.28. The monoisotopic (exact) mass is 286 g/mol. The van der Waals surface area contributed by atoms with Gasteiger partial charge in [-0.1, -0.05) is 36.4 Å². The summed E-state index contributed by atoms with van der Waals surface area (Å²) in [5.41, 5.74) is 4.95. The summed E-state index contributed by atoms with van der Waals surface area (Å²) in [6, 6.07) is 21.1. The smallest absolute Gasteiger partial charge is 0.138 e. The third kappa shape index (κ3) is 1.40. The van der Waals surface area contributed by atoms with Crippen LogP contribution in [0.5, 0.6) is 0 Å². The Kier molecular flexibility index (Phi) is 2.15. The van der Waals surface area contributed by atoms with Crippen molar-refractivity contribution in [2.24, 2.45) is 0 Å². The summed E-state index contributed by atoms with van der Waals surface area (Å²) in [5, 5.41) is 1.97. The van der Waals surface area contributed by atoms with E-state index in [-0.39, 0.29) is 5.82 Å². The van der Waals surface area contributed by atoms with Crippen molar-refractivity contribution in [1.29, 1.82) is 0 Å². The molecule has 0 N–H and O–H groups in total. The van der Waals surface area contributed by atoms with E-state index in [1.165, 1.54) is 6.07 Å². The minimum Gasteiger partial charge on any atom is -0.292 e. The lowest BCUT2D eigenvalue weighted by atomic mass is 10.1. The van der Waals surface area contributed by atoms with Crippen molar-refractivity contribution < 1.29 is 4.39 Å². The maximum atomic E-state index is 13.7. The van der Waals surface area contributed by atoms with E-state index in [9.17, 15) is 4.39 Å². The molecule has 22 heavy (non-hydrogen) atoms. The van der Waals surface area contributed by atoms with Crippen molar-refractivity contribution >= 4 is 27.5 Å². The summed E-state index contributed by atoms with van der Waals surface area (Å²) in [6.45, 7) is 0. The molecule has 0 aliphatic carbocycles. The fourth-order valence-electron chi connectivity index (χ4n) is 3.28. The van der Waals surface area contributed by atoms with Gasteiger partial charge in [-0.25, -0.2) is 9.37 Å². The zero-order valence-electron chi connectivity index (χ0n) is 11.6. The minimum atomic E-state index is -0.212. The first-order valence-electron chi connectivity index (χ1n) is 7.20. The van der Waals surface area contributed by atoms with Gasteiger partial charge in [-0.2, -0.15) is 0 Å². The first-order chi connectivity index (χ1) is 10.8. The summed E-state index contributed by atoms with van der Waals surface area (Å²) in [6.07, 6.45) is 0. The molecule has 3 heteroatoms. The summed E-state index contributed by atoms with van der Waals surface area (Å²) in [7, 11) is 0. The molecule has 0 bridgehead atoms. The van der Waals surface area contributed by atoms with Gasteiger partial charge < -0.3 is 0 Å². The molecule has 0 saturated carbocycles. The molecule has 2 nitrogen and oxygen atoms in total. The molecule has 2 aromatic carbocycles. The van der Waals surface area contributed by atoms with Crippen molar-refractivity contribution in [3.63, 3.8) is 0 Å². The van der Waals surface area contributed by atoms with Crippen molar-refractivity contribution in [2.45, 2.75) is 0 Å². The highest BCUT2D eigenvalue weighted by Gasteiger charge is 2.18. The molecule has 0 fully saturated rings. The highest BCUT2D eigenvalue weighted by molar-refractivity contribution is 6.13. The van der Waals surface area contributed by atoms with E-state index >= 15 is 0 Å². The van der Waals surface area contributed by atoms with Crippen LogP contribution in [-0.4, -0.2) is 9.38 Å². The molecule has 0 atom stereocenters. The Bertz CT molecular complexity index is 1130. The van der Waals surface area contributed by atoms with Crippen LogP contribution in [0.3, 0.4) is 0 Å². The molecule has 0 unspecified atom stereocenters. The normalized spacial score (nSPS) is 11.9. The Hall–Kier alpha value is -2.94. The quantitative estimate of drug-likeness (QED) is 0.429. The number of benzene rings is 2. The molecule has 3 heterocycles. The lowest BCUT2D eigenvalue weighted by Gasteiger charge is -1.97. The van der Waals surface area contributed by atoms with Crippen LogP contribution in [0.15, 0.2) is 66.7 Å². The second-order valence-electron chi connectivity index (χ2n) is 5.47. The van der Waals surface area contributed by atoms with Crippen LogP contribution in [0.2, 0.25) is 0 Å². The van der Waals surface area contributed by atoms with E-state index in [2.05, 4.69) is 16.5 Å². The number of hydrogen-bond donors (Lipinski definition) is 0. The lowest BCUT2D eigenvalue weighted by molar-refractivity contribution is 0.630. The number of aromatic nitrogens is 2. The summed E-state index contributed by atoms with van der Waals surface area (Å²) in [4.78, 5) is 4.79. The lowest BCUT2D eigenvalue weighted by Crippen LogP contribution is -1.81. The van der Waals surface area contributed by atoms with Gasteiger partial charge in [0, 0.05) is 16.3 Å². The van der Waals surface area contributed by atoms with Crippen molar-refractivity contribution in [3.05, 3.63) is 72.5 Å². The molecule has 0 radical (unpaired) electrons. The Morgan fingerprint density at radius 2 is 1.68 bits per heavy atom. The maximum Gasteiger partial charge on any atom is 0.138 e. The number of halogens is 1. The van der Waals surface area contributed by atoms with Gasteiger partial charge in [-0.05, 0) is 30.3 Å². The van der Waals surface area contributed by atoms with E-state index in [1.54, 1.807) is 6.07 Å². The molecular formula is C19H11FN2. The molecular weight excluding hydrogens is 275 g/mol. The van der Waals surface area contributed by atoms with Gasteiger partial charge in [0.05, 0.1) is 16.7 Å². The fraction of sp³-hybridized carbons (Fsp3) is 0. The molecule has 0 aliphatic heterocycles. The number of rotatable bonds is 1. The maximum absolute atomic E-state index is 13.7. The van der Waals surface area contributed by atoms with Crippen molar-refractivity contribution in [1.82, 2.24) is 9.38 Å². The summed E-state index contributed by atoms with van der Waals surface area (Å²) < 4.78 is 15.8. The Morgan fingerprint density at radius 1 is 0.818 bits per heavy atom. The average Bonchev–Trinajstić information content (AvgIpc) is 3.09. The standard InChI is InChI=1S/C19H11FN2/c20-13-9-10-14-15(11-13)16-7-4-8-17-21-18(19(14)22(16)17)12-5-2-1-3-6-12/h1-11H. The van der Waals surface area contributed by atoms with E-state index < -0.39 is 0 Å². The predicted octanol–water partition coefficient (Wildman–Crippen LogP) is 4.88. The molecule has 0 saturated heterocycles. The zero-order chi connectivity index (χ0) is 14.7. The van der Waals surface area contributed by atoms with Crippen LogP contribution in [-0.2, 0) is 0 Å². The van der Waals surface area contributed by atoms with E-state index in [4.69, 9.17) is 4.98 Å². The number of pyridine rings is 1. The second kappa shape index (κ2) is 4.04. The molecule has 0 spiro atoms. The first kappa shape index (κ1) is 11.7. The number of imidazole rings is 1. The average molecular weight is 286 g/mol. The Morgan fingerprint density at radius 3 is 2.55 bits per heavy atom. The van der Waals surface area contributed by atoms with Crippen LogP contribution in [0.4, 0.5) is 4.39 Å². The largest absolute Gasteiger partial charge is 0.292 e. The highest BCUT2D eigenvalue weighted by atomic mass is 19.1. The van der Waals surface area contributed by atoms with Crippen LogP contribution >= 0.6 is 0 Å². The third-order valence-electron chi connectivity index (χ3n) is 4.20. The van der Waals surface area contributed by atoms with E-state index in [0.717, 1.165) is 38.7 Å². The third-order valence-corrected chi connectivity index (χ3v) is 4.20. The summed E-state index contributed by atoms with van der Waals surface area (Å²) in [5.74, 6) is -0.212. The second-order valence-corrected chi connectivity index (χ2v) is 5.47. The topological polar surface area (TPSA) is 17.3 Å². The number of nitrogens with zero attached hydrogens (tertiary/aromatic N) is 2. The van der Waals surface area contributed by atoms with Crippen LogP contribution in [0.25, 0.3) is 38.7 Å². The molecule has 0 amide bonds. The minimum absolute atomic E-state index is 0.212. The van der Waals surface area contributed by atoms with Crippen molar-refractivity contribution in [2.75, 3.05) is 0 Å². The van der Waals surface area contributed by atoms with Crippen LogP contribution in [0, 0.1) is 5.82 Å². The molecule has 3 aromatic heterocycles. The zero-order valence-corrected chi connectivity index (χ0v) is 11.6. The molecule has 0 aliphatic rings.